The van der Waals surface area contributed by atoms with Gasteiger partial charge in [-0.05, 0) is 45.4 Å². The number of nitrogens with one attached hydrogen (secondary N) is 1. The molecule has 0 saturated carbocycles. The molecule has 4 rings (SSSR count). The third-order valence-corrected chi connectivity index (χ3v) is 6.16. The minimum atomic E-state index is -0.621. The zero-order chi connectivity index (χ0) is 23.3. The van der Waals surface area contributed by atoms with Crippen molar-refractivity contribution in [2.24, 2.45) is 11.3 Å². The van der Waals surface area contributed by atoms with Crippen LogP contribution in [0.25, 0.3) is 0 Å². The zero-order valence-electron chi connectivity index (χ0n) is 18.6. The molecule has 0 radical (unpaired) electrons. The SMILES string of the molecule is CC(C)(C)OC(=O)N1CC2(C1)CN(c1ccc(C(=O)CC3CCC(=O)NC3=O)c(F)c1)C2. The molecule has 8 nitrogen and oxygen atoms in total. The van der Waals surface area contributed by atoms with E-state index in [4.69, 9.17) is 4.74 Å². The molecule has 1 N–H and O–H groups in total. The molecule has 1 unspecified atom stereocenters. The second-order valence-corrected chi connectivity index (χ2v) is 10.1. The first-order chi connectivity index (χ1) is 14.9. The molecule has 0 aromatic heterocycles. The van der Waals surface area contributed by atoms with Gasteiger partial charge in [0.15, 0.2) is 5.78 Å². The fraction of sp³-hybridized carbons (Fsp3) is 0.565. The van der Waals surface area contributed by atoms with Crippen molar-refractivity contribution >= 4 is 29.4 Å². The van der Waals surface area contributed by atoms with E-state index >= 15 is 0 Å². The highest BCUT2D eigenvalue weighted by molar-refractivity contribution is 6.03. The molecule has 0 bridgehead atoms. The first-order valence-electron chi connectivity index (χ1n) is 10.8. The number of benzene rings is 1. The number of hydrogen-bond acceptors (Lipinski definition) is 6. The molecule has 32 heavy (non-hydrogen) atoms. The van der Waals surface area contributed by atoms with Crippen LogP contribution in [0.4, 0.5) is 14.9 Å². The maximum absolute atomic E-state index is 14.7. The predicted molar refractivity (Wildman–Crippen MR) is 114 cm³/mol. The van der Waals surface area contributed by atoms with Crippen molar-refractivity contribution in [1.82, 2.24) is 10.2 Å². The Morgan fingerprint density at radius 1 is 1.19 bits per heavy atom. The lowest BCUT2D eigenvalue weighted by Crippen LogP contribution is -2.73. The number of likely N-dealkylation sites (tertiary alicyclic amines) is 1. The fourth-order valence-electron chi connectivity index (χ4n) is 4.56. The van der Waals surface area contributed by atoms with E-state index in [2.05, 4.69) is 5.32 Å². The smallest absolute Gasteiger partial charge is 0.410 e. The predicted octanol–water partition coefficient (Wildman–Crippen LogP) is 2.51. The minimum Gasteiger partial charge on any atom is -0.444 e. The summed E-state index contributed by atoms with van der Waals surface area (Å²) < 4.78 is 20.1. The maximum atomic E-state index is 14.7. The van der Waals surface area contributed by atoms with Crippen molar-refractivity contribution in [3.05, 3.63) is 29.6 Å². The number of imide groups is 1. The Morgan fingerprint density at radius 2 is 1.88 bits per heavy atom. The van der Waals surface area contributed by atoms with E-state index in [1.807, 2.05) is 25.7 Å². The second-order valence-electron chi connectivity index (χ2n) is 10.1. The Morgan fingerprint density at radius 3 is 2.47 bits per heavy atom. The zero-order valence-corrected chi connectivity index (χ0v) is 18.6. The van der Waals surface area contributed by atoms with Gasteiger partial charge in [0.25, 0.3) is 0 Å². The van der Waals surface area contributed by atoms with Crippen LogP contribution in [0.2, 0.25) is 0 Å². The number of rotatable bonds is 4. The van der Waals surface area contributed by atoms with Crippen molar-refractivity contribution < 1.29 is 28.3 Å². The van der Waals surface area contributed by atoms with Gasteiger partial charge >= 0.3 is 6.09 Å². The molecule has 3 fully saturated rings. The molecular formula is C23H28FN3O5. The van der Waals surface area contributed by atoms with Crippen LogP contribution < -0.4 is 10.2 Å². The van der Waals surface area contributed by atoms with Gasteiger partial charge in [-0.3, -0.25) is 19.7 Å². The topological polar surface area (TPSA) is 96.0 Å². The average Bonchev–Trinajstić information content (AvgIpc) is 2.60. The molecule has 1 atom stereocenters. The number of carbonyl (C=O) groups is 4. The summed E-state index contributed by atoms with van der Waals surface area (Å²) in [6.07, 6.45) is 0.0498. The van der Waals surface area contributed by atoms with Crippen molar-refractivity contribution in [2.75, 3.05) is 31.1 Å². The number of ketones is 1. The molecular weight excluding hydrogens is 417 g/mol. The summed E-state index contributed by atoms with van der Waals surface area (Å²) in [6, 6.07) is 4.50. The van der Waals surface area contributed by atoms with Crippen LogP contribution in [0.5, 0.6) is 0 Å². The van der Waals surface area contributed by atoms with Gasteiger partial charge in [-0.1, -0.05) is 0 Å². The molecule has 9 heteroatoms. The Balaban J connectivity index is 1.30. The van der Waals surface area contributed by atoms with E-state index in [-0.39, 0.29) is 35.8 Å². The number of carbonyl (C=O) groups excluding carboxylic acids is 4. The monoisotopic (exact) mass is 445 g/mol. The highest BCUT2D eigenvalue weighted by atomic mass is 19.1. The summed E-state index contributed by atoms with van der Waals surface area (Å²) in [6.45, 7) is 8.13. The number of Topliss-reactive ketones (excluding diaryl/α,β-unsaturated/α-hetero) is 1. The summed E-state index contributed by atoms with van der Waals surface area (Å²) in [5.41, 5.74) is 0.114. The molecule has 1 spiro atoms. The van der Waals surface area contributed by atoms with E-state index in [1.165, 1.54) is 12.1 Å². The molecule has 3 heterocycles. The first kappa shape index (κ1) is 22.2. The third-order valence-electron chi connectivity index (χ3n) is 6.16. The summed E-state index contributed by atoms with van der Waals surface area (Å²) in [7, 11) is 0. The van der Waals surface area contributed by atoms with Gasteiger partial charge in [0.2, 0.25) is 11.8 Å². The van der Waals surface area contributed by atoms with Crippen LogP contribution in [0.15, 0.2) is 18.2 Å². The van der Waals surface area contributed by atoms with Gasteiger partial charge < -0.3 is 14.5 Å². The summed E-state index contributed by atoms with van der Waals surface area (Å²) in [5, 5.41) is 2.22. The number of anilines is 1. The number of halogens is 1. The van der Waals surface area contributed by atoms with Gasteiger partial charge in [-0.15, -0.1) is 0 Å². The van der Waals surface area contributed by atoms with Crippen LogP contribution in [-0.4, -0.2) is 60.4 Å². The third kappa shape index (κ3) is 4.47. The van der Waals surface area contributed by atoms with E-state index in [9.17, 15) is 23.6 Å². The van der Waals surface area contributed by atoms with Gasteiger partial charge in [0, 0.05) is 56.0 Å². The van der Waals surface area contributed by atoms with E-state index in [0.29, 0.717) is 38.3 Å². The van der Waals surface area contributed by atoms with Gasteiger partial charge in [0.1, 0.15) is 11.4 Å². The average molecular weight is 445 g/mol. The lowest BCUT2D eigenvalue weighted by molar-refractivity contribution is -0.136. The molecule has 3 aliphatic heterocycles. The van der Waals surface area contributed by atoms with Gasteiger partial charge in [0.05, 0.1) is 5.56 Å². The maximum Gasteiger partial charge on any atom is 0.410 e. The van der Waals surface area contributed by atoms with Crippen molar-refractivity contribution in [1.29, 1.82) is 0 Å². The van der Waals surface area contributed by atoms with Crippen LogP contribution in [0.3, 0.4) is 0 Å². The Bertz CT molecular complexity index is 972. The van der Waals surface area contributed by atoms with Gasteiger partial charge in [-0.2, -0.15) is 0 Å². The minimum absolute atomic E-state index is 0.00759. The number of piperidine rings is 1. The van der Waals surface area contributed by atoms with Crippen LogP contribution >= 0.6 is 0 Å². The Hall–Kier alpha value is -2.97. The Kier molecular flexibility index (Phi) is 5.46. The molecule has 3 saturated heterocycles. The largest absolute Gasteiger partial charge is 0.444 e. The number of hydrogen-bond donors (Lipinski definition) is 1. The fourth-order valence-corrected chi connectivity index (χ4v) is 4.56. The molecule has 3 aliphatic rings. The van der Waals surface area contributed by atoms with Crippen LogP contribution in [0.1, 0.15) is 50.4 Å². The van der Waals surface area contributed by atoms with Crippen LogP contribution in [-0.2, 0) is 14.3 Å². The second kappa shape index (κ2) is 7.86. The number of amides is 3. The highest BCUT2D eigenvalue weighted by Crippen LogP contribution is 2.42. The van der Waals surface area contributed by atoms with Crippen molar-refractivity contribution in [3.63, 3.8) is 0 Å². The number of ether oxygens (including phenoxy) is 1. The first-order valence-corrected chi connectivity index (χ1v) is 10.8. The van der Waals surface area contributed by atoms with E-state index in [0.717, 1.165) is 0 Å². The standard InChI is InChI=1S/C23H28FN3O5/c1-22(2,3)32-21(31)27-12-23(13-27)10-26(11-23)15-5-6-16(17(24)9-15)18(28)8-14-4-7-19(29)25-20(14)30/h5-6,9,14H,4,7-8,10-13H2,1-3H3,(H,25,29,30). The highest BCUT2D eigenvalue weighted by Gasteiger charge is 2.54. The lowest BCUT2D eigenvalue weighted by atomic mass is 9.73. The normalized spacial score (nSPS) is 22.2. The lowest BCUT2D eigenvalue weighted by Gasteiger charge is -2.60. The van der Waals surface area contributed by atoms with Crippen LogP contribution in [0, 0.1) is 17.2 Å². The number of nitrogens with zero attached hydrogens (tertiary/aromatic N) is 2. The molecule has 3 amide bonds. The van der Waals surface area contributed by atoms with Gasteiger partial charge in [-0.25, -0.2) is 9.18 Å². The molecule has 172 valence electrons. The van der Waals surface area contributed by atoms with E-state index < -0.39 is 29.0 Å². The van der Waals surface area contributed by atoms with E-state index in [1.54, 1.807) is 11.0 Å². The Labute approximate surface area is 186 Å². The summed E-state index contributed by atoms with van der Waals surface area (Å²) in [4.78, 5) is 51.4. The van der Waals surface area contributed by atoms with Crippen molar-refractivity contribution in [3.8, 4) is 0 Å². The summed E-state index contributed by atoms with van der Waals surface area (Å²) in [5.74, 6) is -2.50. The summed E-state index contributed by atoms with van der Waals surface area (Å²) >= 11 is 0. The quantitative estimate of drug-likeness (QED) is 0.565. The molecule has 1 aromatic rings. The van der Waals surface area contributed by atoms with Crippen molar-refractivity contribution in [2.45, 2.75) is 45.6 Å². The molecule has 0 aliphatic carbocycles. The molecule has 1 aromatic carbocycles.